The van der Waals surface area contributed by atoms with Gasteiger partial charge in [-0.2, -0.15) is 13.2 Å². The molecule has 3 fully saturated rings. The third-order valence-electron chi connectivity index (χ3n) is 8.89. The molecule has 1 unspecified atom stereocenters. The van der Waals surface area contributed by atoms with Crippen LogP contribution in [0.5, 0.6) is 0 Å². The van der Waals surface area contributed by atoms with Crippen LogP contribution in [0, 0.1) is 11.3 Å². The maximum Gasteiger partial charge on any atom is 0.416 e. The summed E-state index contributed by atoms with van der Waals surface area (Å²) < 4.78 is 38.6. The van der Waals surface area contributed by atoms with Crippen molar-refractivity contribution in [3.8, 4) is 0 Å². The Bertz CT molecular complexity index is 1130. The van der Waals surface area contributed by atoms with Gasteiger partial charge in [-0.05, 0) is 61.5 Å². The van der Waals surface area contributed by atoms with Crippen LogP contribution < -0.4 is 0 Å². The fourth-order valence-corrected chi connectivity index (χ4v) is 6.58. The number of alkyl halides is 3. The van der Waals surface area contributed by atoms with Crippen molar-refractivity contribution in [3.63, 3.8) is 0 Å². The molecule has 3 heterocycles. The summed E-state index contributed by atoms with van der Waals surface area (Å²) in [4.78, 5) is 32.2. The fourth-order valence-electron chi connectivity index (χ4n) is 6.58. The maximum absolute atomic E-state index is 13.4. The van der Waals surface area contributed by atoms with Gasteiger partial charge in [-0.1, -0.05) is 49.4 Å². The van der Waals surface area contributed by atoms with E-state index in [1.807, 2.05) is 22.8 Å². The first-order valence-corrected chi connectivity index (χ1v) is 13.7. The molecule has 3 aliphatic rings. The summed E-state index contributed by atoms with van der Waals surface area (Å²) in [5, 5.41) is 0. The van der Waals surface area contributed by atoms with E-state index in [2.05, 4.69) is 29.2 Å². The molecule has 5 rings (SSSR count). The molecule has 0 aromatic heterocycles. The second-order valence-electron chi connectivity index (χ2n) is 11.2. The lowest BCUT2D eigenvalue weighted by atomic mass is 9.76. The summed E-state index contributed by atoms with van der Waals surface area (Å²) in [7, 11) is 0. The molecule has 1 spiro atoms. The standard InChI is InChI=1S/C30H36F3N3O2/c1-2-27(37)36-20-24(26(21-36)23-6-4-3-5-7-23)19-34-15-12-29(13-16-34)14-17-35(28(29)38)18-22-8-10-25(11-9-22)30(31,32)33/h3-11,24,26H,2,12-21H2,1H3/t24-,26?/m0/s1. The van der Waals surface area contributed by atoms with Crippen LogP contribution in [0.4, 0.5) is 13.2 Å². The minimum atomic E-state index is -4.36. The fraction of sp³-hybridized carbons (Fsp3) is 0.533. The lowest BCUT2D eigenvalue weighted by Gasteiger charge is -2.39. The van der Waals surface area contributed by atoms with Gasteiger partial charge in [-0.25, -0.2) is 0 Å². The molecular formula is C30H36F3N3O2. The van der Waals surface area contributed by atoms with Crippen molar-refractivity contribution < 1.29 is 22.8 Å². The van der Waals surface area contributed by atoms with Gasteiger partial charge in [0, 0.05) is 45.1 Å². The lowest BCUT2D eigenvalue weighted by molar-refractivity contribution is -0.139. The van der Waals surface area contributed by atoms with Gasteiger partial charge in [0.25, 0.3) is 0 Å². The molecule has 38 heavy (non-hydrogen) atoms. The SMILES string of the molecule is CCC(=O)N1CC(c2ccccc2)[C@@H](CN2CCC3(CC2)CCN(Cc2ccc(C(F)(F)F)cc2)C3=O)C1. The van der Waals surface area contributed by atoms with Crippen LogP contribution in [0.2, 0.25) is 0 Å². The van der Waals surface area contributed by atoms with E-state index in [0.29, 0.717) is 31.3 Å². The number of hydrogen-bond acceptors (Lipinski definition) is 3. The van der Waals surface area contributed by atoms with Crippen LogP contribution in [0.25, 0.3) is 0 Å². The molecule has 2 aromatic carbocycles. The first kappa shape index (κ1) is 26.7. The van der Waals surface area contributed by atoms with Crippen LogP contribution in [0.15, 0.2) is 54.6 Å². The summed E-state index contributed by atoms with van der Waals surface area (Å²) in [6, 6.07) is 15.6. The van der Waals surface area contributed by atoms with Crippen LogP contribution in [-0.4, -0.2) is 65.8 Å². The minimum Gasteiger partial charge on any atom is -0.342 e. The Labute approximate surface area is 222 Å². The summed E-state index contributed by atoms with van der Waals surface area (Å²) in [6.45, 7) is 7.05. The van der Waals surface area contributed by atoms with Gasteiger partial charge < -0.3 is 14.7 Å². The summed E-state index contributed by atoms with van der Waals surface area (Å²) in [5.74, 6) is 1.02. The van der Waals surface area contributed by atoms with E-state index in [9.17, 15) is 22.8 Å². The predicted octanol–water partition coefficient (Wildman–Crippen LogP) is 5.17. The van der Waals surface area contributed by atoms with Gasteiger partial charge in [-0.3, -0.25) is 9.59 Å². The molecule has 0 N–H and O–H groups in total. The van der Waals surface area contributed by atoms with Crippen LogP contribution in [0.3, 0.4) is 0 Å². The van der Waals surface area contributed by atoms with Crippen molar-refractivity contribution in [2.75, 3.05) is 39.3 Å². The van der Waals surface area contributed by atoms with Gasteiger partial charge in [0.1, 0.15) is 0 Å². The Morgan fingerprint density at radius 3 is 2.24 bits per heavy atom. The summed E-state index contributed by atoms with van der Waals surface area (Å²) >= 11 is 0. The molecule has 2 atom stereocenters. The van der Waals surface area contributed by atoms with Crippen LogP contribution in [-0.2, 0) is 22.3 Å². The average Bonchev–Trinajstić information content (AvgIpc) is 3.47. The number of amides is 2. The quantitative estimate of drug-likeness (QED) is 0.521. The molecule has 2 aromatic rings. The van der Waals surface area contributed by atoms with Crippen molar-refractivity contribution in [1.29, 1.82) is 0 Å². The van der Waals surface area contributed by atoms with Crippen molar-refractivity contribution in [2.45, 2.75) is 51.2 Å². The van der Waals surface area contributed by atoms with Gasteiger partial charge in [0.15, 0.2) is 0 Å². The Morgan fingerprint density at radius 2 is 1.61 bits per heavy atom. The lowest BCUT2D eigenvalue weighted by Crippen LogP contribution is -2.46. The second kappa shape index (κ2) is 10.7. The number of piperidine rings is 1. The first-order valence-electron chi connectivity index (χ1n) is 13.7. The predicted molar refractivity (Wildman–Crippen MR) is 139 cm³/mol. The second-order valence-corrected chi connectivity index (χ2v) is 11.2. The zero-order valence-electron chi connectivity index (χ0n) is 21.9. The molecule has 0 saturated carbocycles. The van der Waals surface area contributed by atoms with Crippen molar-refractivity contribution >= 4 is 11.8 Å². The molecule has 0 radical (unpaired) electrons. The van der Waals surface area contributed by atoms with Gasteiger partial charge in [0.2, 0.25) is 11.8 Å². The number of hydrogen-bond donors (Lipinski definition) is 0. The monoisotopic (exact) mass is 527 g/mol. The topological polar surface area (TPSA) is 43.9 Å². The Kier molecular flexibility index (Phi) is 7.54. The van der Waals surface area contributed by atoms with Crippen LogP contribution >= 0.6 is 0 Å². The molecular weight excluding hydrogens is 491 g/mol. The number of benzene rings is 2. The Morgan fingerprint density at radius 1 is 0.947 bits per heavy atom. The average molecular weight is 528 g/mol. The first-order chi connectivity index (χ1) is 18.2. The van der Waals surface area contributed by atoms with Crippen molar-refractivity contribution in [3.05, 3.63) is 71.3 Å². The molecule has 204 valence electrons. The Balaban J connectivity index is 1.18. The van der Waals surface area contributed by atoms with Gasteiger partial charge >= 0.3 is 6.18 Å². The molecule has 3 saturated heterocycles. The molecule has 5 nitrogen and oxygen atoms in total. The minimum absolute atomic E-state index is 0.139. The molecule has 0 bridgehead atoms. The smallest absolute Gasteiger partial charge is 0.342 e. The van der Waals surface area contributed by atoms with E-state index in [-0.39, 0.29) is 17.2 Å². The number of halogens is 3. The zero-order chi connectivity index (χ0) is 26.9. The Hall–Kier alpha value is -2.87. The van der Waals surface area contributed by atoms with E-state index in [0.717, 1.165) is 69.7 Å². The largest absolute Gasteiger partial charge is 0.416 e. The summed E-state index contributed by atoms with van der Waals surface area (Å²) in [6.07, 6.45) is -1.44. The highest BCUT2D eigenvalue weighted by molar-refractivity contribution is 5.85. The number of rotatable bonds is 6. The normalized spacial score (nSPS) is 23.9. The van der Waals surface area contributed by atoms with E-state index >= 15 is 0 Å². The van der Waals surface area contributed by atoms with Crippen LogP contribution in [0.1, 0.15) is 55.2 Å². The number of carbonyl (C=O) groups is 2. The number of likely N-dealkylation sites (tertiary alicyclic amines) is 3. The third-order valence-corrected chi connectivity index (χ3v) is 8.89. The third kappa shape index (κ3) is 5.46. The van der Waals surface area contributed by atoms with Crippen molar-refractivity contribution in [1.82, 2.24) is 14.7 Å². The van der Waals surface area contributed by atoms with Gasteiger partial charge in [0.05, 0.1) is 11.0 Å². The summed E-state index contributed by atoms with van der Waals surface area (Å²) in [5.41, 5.74) is 0.973. The maximum atomic E-state index is 13.4. The molecule has 3 aliphatic heterocycles. The van der Waals surface area contributed by atoms with E-state index in [4.69, 9.17) is 0 Å². The van der Waals surface area contributed by atoms with Gasteiger partial charge in [-0.15, -0.1) is 0 Å². The van der Waals surface area contributed by atoms with E-state index in [1.54, 1.807) is 0 Å². The highest BCUT2D eigenvalue weighted by Crippen LogP contribution is 2.43. The molecule has 0 aliphatic carbocycles. The van der Waals surface area contributed by atoms with E-state index < -0.39 is 11.7 Å². The highest BCUT2D eigenvalue weighted by atomic mass is 19.4. The van der Waals surface area contributed by atoms with Crippen molar-refractivity contribution in [2.24, 2.45) is 11.3 Å². The molecule has 8 heteroatoms. The molecule has 2 amide bonds. The number of carbonyl (C=O) groups excluding carboxylic acids is 2. The number of nitrogens with zero attached hydrogens (tertiary/aromatic N) is 3. The highest BCUT2D eigenvalue weighted by Gasteiger charge is 2.48. The van der Waals surface area contributed by atoms with E-state index in [1.165, 1.54) is 17.7 Å². The zero-order valence-corrected chi connectivity index (χ0v) is 21.9.